The van der Waals surface area contributed by atoms with E-state index in [1.807, 2.05) is 31.2 Å². The number of benzene rings is 1. The van der Waals surface area contributed by atoms with E-state index in [-0.39, 0.29) is 0 Å². The maximum absolute atomic E-state index is 10.0. The molecule has 18 heavy (non-hydrogen) atoms. The monoisotopic (exact) mass is 253 g/mol. The third-order valence-corrected chi connectivity index (χ3v) is 3.08. The Kier molecular flexibility index (Phi) is 5.59. The summed E-state index contributed by atoms with van der Waals surface area (Å²) in [5.74, 6) is 0.729. The van der Waals surface area contributed by atoms with E-state index in [2.05, 4.69) is 5.32 Å². The normalized spacial score (nSPS) is 16.1. The number of aliphatic hydroxyl groups is 2. The molecular formula is C14H23NO3. The molecule has 0 aromatic heterocycles. The summed E-state index contributed by atoms with van der Waals surface area (Å²) in [4.78, 5) is 0. The van der Waals surface area contributed by atoms with Gasteiger partial charge in [-0.05, 0) is 31.0 Å². The number of hydrogen-bond donors (Lipinski definition) is 3. The average molecular weight is 253 g/mol. The topological polar surface area (TPSA) is 61.7 Å². The molecule has 0 aliphatic heterocycles. The van der Waals surface area contributed by atoms with Crippen LogP contribution in [0.1, 0.15) is 31.9 Å². The van der Waals surface area contributed by atoms with Gasteiger partial charge in [0.2, 0.25) is 0 Å². The minimum Gasteiger partial charge on any atom is -0.497 e. The summed E-state index contributed by atoms with van der Waals surface area (Å²) in [6.07, 6.45) is 0.0719. The molecular weight excluding hydrogens is 230 g/mol. The lowest BCUT2D eigenvalue weighted by Crippen LogP contribution is -2.38. The van der Waals surface area contributed by atoms with Crippen LogP contribution in [0.3, 0.4) is 0 Å². The molecule has 0 radical (unpaired) electrons. The van der Waals surface area contributed by atoms with Gasteiger partial charge in [0, 0.05) is 13.1 Å². The van der Waals surface area contributed by atoms with E-state index in [0.717, 1.165) is 11.3 Å². The summed E-state index contributed by atoms with van der Waals surface area (Å²) in [5.41, 5.74) is 0.0756. The number of ether oxygens (including phenoxy) is 1. The van der Waals surface area contributed by atoms with Crippen molar-refractivity contribution in [2.75, 3.05) is 20.2 Å². The largest absolute Gasteiger partial charge is 0.497 e. The van der Waals surface area contributed by atoms with Crippen molar-refractivity contribution in [1.29, 1.82) is 0 Å². The molecule has 0 aliphatic carbocycles. The molecule has 0 bridgehead atoms. The number of rotatable bonds is 7. The van der Waals surface area contributed by atoms with Gasteiger partial charge >= 0.3 is 0 Å². The van der Waals surface area contributed by atoms with Crippen LogP contribution in [-0.2, 0) is 0 Å². The first-order chi connectivity index (χ1) is 8.48. The molecule has 0 saturated carbocycles. The van der Waals surface area contributed by atoms with E-state index in [9.17, 15) is 10.2 Å². The Bertz CT molecular complexity index is 366. The van der Waals surface area contributed by atoms with Crippen LogP contribution in [0, 0.1) is 0 Å². The van der Waals surface area contributed by atoms with Crippen LogP contribution in [0.4, 0.5) is 0 Å². The molecule has 0 aliphatic rings. The van der Waals surface area contributed by atoms with Crippen LogP contribution in [0.15, 0.2) is 24.3 Å². The van der Waals surface area contributed by atoms with Crippen molar-refractivity contribution in [3.05, 3.63) is 29.8 Å². The number of methoxy groups -OCH3 is 1. The second-order valence-electron chi connectivity index (χ2n) is 4.77. The van der Waals surface area contributed by atoms with Crippen LogP contribution < -0.4 is 10.1 Å². The Morgan fingerprint density at radius 2 is 2.17 bits per heavy atom. The molecule has 1 rings (SSSR count). The van der Waals surface area contributed by atoms with E-state index in [0.29, 0.717) is 19.5 Å². The van der Waals surface area contributed by atoms with Crippen molar-refractivity contribution in [3.63, 3.8) is 0 Å². The zero-order valence-electron chi connectivity index (χ0n) is 11.3. The summed E-state index contributed by atoms with van der Waals surface area (Å²) in [6, 6.07) is 7.35. The highest BCUT2D eigenvalue weighted by molar-refractivity contribution is 5.29. The van der Waals surface area contributed by atoms with E-state index in [1.54, 1.807) is 14.0 Å². The molecule has 102 valence electrons. The fourth-order valence-corrected chi connectivity index (χ4v) is 1.57. The molecule has 2 atom stereocenters. The fourth-order valence-electron chi connectivity index (χ4n) is 1.57. The molecule has 1 aromatic rings. The first-order valence-corrected chi connectivity index (χ1v) is 6.23. The van der Waals surface area contributed by atoms with Gasteiger partial charge in [0.05, 0.1) is 18.8 Å². The molecule has 4 heteroatoms. The third-order valence-electron chi connectivity index (χ3n) is 3.08. The van der Waals surface area contributed by atoms with Crippen molar-refractivity contribution in [2.45, 2.75) is 32.0 Å². The number of hydrogen-bond acceptors (Lipinski definition) is 4. The molecule has 4 nitrogen and oxygen atoms in total. The predicted octanol–water partition coefficient (Wildman–Crippen LogP) is 1.48. The Morgan fingerprint density at radius 1 is 1.44 bits per heavy atom. The Hall–Kier alpha value is -1.10. The second-order valence-corrected chi connectivity index (χ2v) is 4.77. The van der Waals surface area contributed by atoms with Crippen LogP contribution in [-0.4, -0.2) is 36.0 Å². The van der Waals surface area contributed by atoms with Gasteiger partial charge in [-0.3, -0.25) is 0 Å². The summed E-state index contributed by atoms with van der Waals surface area (Å²) < 4.78 is 5.11. The molecule has 2 unspecified atom stereocenters. The zero-order valence-corrected chi connectivity index (χ0v) is 11.3. The Labute approximate surface area is 109 Å². The molecule has 0 saturated heterocycles. The Morgan fingerprint density at radius 3 is 2.78 bits per heavy atom. The van der Waals surface area contributed by atoms with Gasteiger partial charge in [0.15, 0.2) is 0 Å². The fraction of sp³-hybridized carbons (Fsp3) is 0.571. The highest BCUT2D eigenvalue weighted by Gasteiger charge is 2.17. The number of aliphatic hydroxyl groups excluding tert-OH is 1. The quantitative estimate of drug-likeness (QED) is 0.689. The average Bonchev–Trinajstić information content (AvgIpc) is 2.38. The van der Waals surface area contributed by atoms with Crippen LogP contribution in [0.2, 0.25) is 0 Å². The molecule has 3 N–H and O–H groups in total. The SMILES string of the molecule is CCC(C)(O)CNCC(O)c1cccc(OC)c1. The van der Waals surface area contributed by atoms with Gasteiger partial charge in [-0.25, -0.2) is 0 Å². The van der Waals surface area contributed by atoms with E-state index in [4.69, 9.17) is 4.74 Å². The first-order valence-electron chi connectivity index (χ1n) is 6.23. The van der Waals surface area contributed by atoms with Crippen molar-refractivity contribution >= 4 is 0 Å². The third kappa shape index (κ3) is 4.64. The van der Waals surface area contributed by atoms with Crippen molar-refractivity contribution in [3.8, 4) is 5.75 Å². The van der Waals surface area contributed by atoms with Gasteiger partial charge in [-0.2, -0.15) is 0 Å². The van der Waals surface area contributed by atoms with Crippen LogP contribution >= 0.6 is 0 Å². The summed E-state index contributed by atoms with van der Waals surface area (Å²) in [7, 11) is 1.60. The van der Waals surface area contributed by atoms with E-state index in [1.165, 1.54) is 0 Å². The van der Waals surface area contributed by atoms with Crippen molar-refractivity contribution in [2.24, 2.45) is 0 Å². The molecule has 0 amide bonds. The van der Waals surface area contributed by atoms with E-state index >= 15 is 0 Å². The van der Waals surface area contributed by atoms with Crippen molar-refractivity contribution in [1.82, 2.24) is 5.32 Å². The van der Waals surface area contributed by atoms with Gasteiger partial charge in [-0.1, -0.05) is 19.1 Å². The predicted molar refractivity (Wildman–Crippen MR) is 71.7 cm³/mol. The highest BCUT2D eigenvalue weighted by atomic mass is 16.5. The second kappa shape index (κ2) is 6.73. The van der Waals surface area contributed by atoms with Crippen LogP contribution in [0.5, 0.6) is 5.75 Å². The molecule has 0 spiro atoms. The van der Waals surface area contributed by atoms with Gasteiger partial charge < -0.3 is 20.3 Å². The van der Waals surface area contributed by atoms with Gasteiger partial charge in [-0.15, -0.1) is 0 Å². The van der Waals surface area contributed by atoms with Gasteiger partial charge in [0.1, 0.15) is 5.75 Å². The molecule has 0 heterocycles. The van der Waals surface area contributed by atoms with E-state index < -0.39 is 11.7 Å². The Balaban J connectivity index is 2.47. The standard InChI is InChI=1S/C14H23NO3/c1-4-14(2,17)10-15-9-13(16)11-6-5-7-12(8-11)18-3/h5-8,13,15-17H,4,9-10H2,1-3H3. The molecule has 0 fully saturated rings. The first kappa shape index (κ1) is 15.0. The van der Waals surface area contributed by atoms with Crippen molar-refractivity contribution < 1.29 is 14.9 Å². The summed E-state index contributed by atoms with van der Waals surface area (Å²) in [6.45, 7) is 4.58. The lowest BCUT2D eigenvalue weighted by atomic mass is 10.0. The maximum Gasteiger partial charge on any atom is 0.119 e. The summed E-state index contributed by atoms with van der Waals surface area (Å²) in [5, 5.41) is 22.9. The minimum atomic E-state index is -0.728. The minimum absolute atomic E-state index is 0.406. The lowest BCUT2D eigenvalue weighted by molar-refractivity contribution is 0.0515. The lowest BCUT2D eigenvalue weighted by Gasteiger charge is -2.22. The maximum atomic E-state index is 10.0. The zero-order chi connectivity index (χ0) is 13.6. The van der Waals surface area contributed by atoms with Gasteiger partial charge in [0.25, 0.3) is 0 Å². The van der Waals surface area contributed by atoms with Crippen LogP contribution in [0.25, 0.3) is 0 Å². The highest BCUT2D eigenvalue weighted by Crippen LogP contribution is 2.18. The summed E-state index contributed by atoms with van der Waals surface area (Å²) >= 11 is 0. The smallest absolute Gasteiger partial charge is 0.119 e. The number of nitrogens with one attached hydrogen (secondary N) is 1. The molecule has 1 aromatic carbocycles.